The molecule has 1 fully saturated rings. The lowest BCUT2D eigenvalue weighted by Gasteiger charge is -2.32. The molecule has 0 bridgehead atoms. The zero-order valence-corrected chi connectivity index (χ0v) is 10.4. The van der Waals surface area contributed by atoms with Crippen molar-refractivity contribution in [1.29, 1.82) is 5.26 Å². The fourth-order valence-electron chi connectivity index (χ4n) is 2.22. The molecular formula is C13H24N2. The summed E-state index contributed by atoms with van der Waals surface area (Å²) in [6, 6.07) is 3.14. The molecule has 1 rings (SSSR count). The van der Waals surface area contributed by atoms with E-state index < -0.39 is 0 Å². The molecule has 0 saturated heterocycles. The first kappa shape index (κ1) is 12.5. The monoisotopic (exact) mass is 208 g/mol. The van der Waals surface area contributed by atoms with Crippen LogP contribution in [0.25, 0.3) is 0 Å². The van der Waals surface area contributed by atoms with Crippen LogP contribution in [-0.4, -0.2) is 24.5 Å². The molecule has 0 atom stereocenters. The minimum Gasteiger partial charge on any atom is -0.303 e. The maximum Gasteiger partial charge on any atom is 0.0684 e. The molecule has 0 aromatic rings. The van der Waals surface area contributed by atoms with Gasteiger partial charge >= 0.3 is 0 Å². The highest BCUT2D eigenvalue weighted by atomic mass is 15.1. The minimum atomic E-state index is -0.164. The van der Waals surface area contributed by atoms with Crippen LogP contribution in [0, 0.1) is 16.7 Å². The lowest BCUT2D eigenvalue weighted by atomic mass is 9.90. The summed E-state index contributed by atoms with van der Waals surface area (Å²) in [6.45, 7) is 5.12. The van der Waals surface area contributed by atoms with E-state index in [0.29, 0.717) is 0 Å². The molecule has 1 aliphatic carbocycles. The molecule has 0 spiro atoms. The van der Waals surface area contributed by atoms with Gasteiger partial charge in [-0.1, -0.05) is 19.3 Å². The standard InChI is InChI=1S/C13H24N2/c1-13(2,11-14)9-10-15(3)12-7-5-4-6-8-12/h12H,4-10H2,1-3H3. The summed E-state index contributed by atoms with van der Waals surface area (Å²) in [7, 11) is 2.21. The fourth-order valence-corrected chi connectivity index (χ4v) is 2.22. The minimum absolute atomic E-state index is 0.164. The van der Waals surface area contributed by atoms with Crippen LogP contribution >= 0.6 is 0 Å². The second-order valence-corrected chi connectivity index (χ2v) is 5.52. The third-order valence-electron chi connectivity index (χ3n) is 3.59. The Hall–Kier alpha value is -0.550. The zero-order valence-electron chi connectivity index (χ0n) is 10.4. The Labute approximate surface area is 94.3 Å². The lowest BCUT2D eigenvalue weighted by molar-refractivity contribution is 0.176. The van der Waals surface area contributed by atoms with Gasteiger partial charge in [-0.3, -0.25) is 0 Å². The maximum absolute atomic E-state index is 8.95. The van der Waals surface area contributed by atoms with Crippen molar-refractivity contribution in [3.8, 4) is 6.07 Å². The SMILES string of the molecule is CN(CCC(C)(C)C#N)C1CCCCC1. The average molecular weight is 208 g/mol. The van der Waals surface area contributed by atoms with Gasteiger partial charge in [0.15, 0.2) is 0 Å². The van der Waals surface area contributed by atoms with Gasteiger partial charge in [-0.05, 0) is 46.7 Å². The normalized spacial score (nSPS) is 19.1. The summed E-state index contributed by atoms with van der Waals surface area (Å²) in [5, 5.41) is 8.95. The highest BCUT2D eigenvalue weighted by molar-refractivity contribution is 4.92. The van der Waals surface area contributed by atoms with Crippen molar-refractivity contribution in [2.45, 2.75) is 58.4 Å². The second kappa shape index (κ2) is 5.51. The highest BCUT2D eigenvalue weighted by Crippen LogP contribution is 2.24. The Bertz CT molecular complexity index is 221. The molecule has 0 aromatic heterocycles. The number of hydrogen-bond acceptors (Lipinski definition) is 2. The summed E-state index contributed by atoms with van der Waals surface area (Å²) in [5.41, 5.74) is -0.164. The molecule has 2 heteroatoms. The molecule has 2 nitrogen and oxygen atoms in total. The van der Waals surface area contributed by atoms with Crippen LogP contribution in [0.4, 0.5) is 0 Å². The smallest absolute Gasteiger partial charge is 0.0684 e. The van der Waals surface area contributed by atoms with Crippen molar-refractivity contribution in [3.63, 3.8) is 0 Å². The van der Waals surface area contributed by atoms with Gasteiger partial charge in [0.25, 0.3) is 0 Å². The quantitative estimate of drug-likeness (QED) is 0.709. The molecule has 15 heavy (non-hydrogen) atoms. The Balaban J connectivity index is 2.29. The molecule has 0 unspecified atom stereocenters. The molecule has 0 N–H and O–H groups in total. The first-order valence-corrected chi connectivity index (χ1v) is 6.17. The van der Waals surface area contributed by atoms with Crippen LogP contribution in [0.5, 0.6) is 0 Å². The van der Waals surface area contributed by atoms with Gasteiger partial charge in [0.1, 0.15) is 0 Å². The predicted molar refractivity (Wildman–Crippen MR) is 63.5 cm³/mol. The summed E-state index contributed by atoms with van der Waals surface area (Å²) in [5.74, 6) is 0. The van der Waals surface area contributed by atoms with E-state index in [4.69, 9.17) is 5.26 Å². The van der Waals surface area contributed by atoms with Gasteiger partial charge in [-0.25, -0.2) is 0 Å². The van der Waals surface area contributed by atoms with Crippen molar-refractivity contribution >= 4 is 0 Å². The third-order valence-corrected chi connectivity index (χ3v) is 3.59. The van der Waals surface area contributed by atoms with Crippen LogP contribution in [-0.2, 0) is 0 Å². The molecule has 0 heterocycles. The van der Waals surface area contributed by atoms with Crippen molar-refractivity contribution in [2.24, 2.45) is 5.41 Å². The van der Waals surface area contributed by atoms with Gasteiger partial charge in [-0.2, -0.15) is 5.26 Å². The first-order chi connectivity index (χ1) is 7.05. The van der Waals surface area contributed by atoms with Crippen LogP contribution in [0.1, 0.15) is 52.4 Å². The highest BCUT2D eigenvalue weighted by Gasteiger charge is 2.21. The van der Waals surface area contributed by atoms with E-state index in [1.807, 2.05) is 13.8 Å². The number of rotatable bonds is 4. The maximum atomic E-state index is 8.95. The van der Waals surface area contributed by atoms with Crippen molar-refractivity contribution in [2.75, 3.05) is 13.6 Å². The summed E-state index contributed by atoms with van der Waals surface area (Å²) in [4.78, 5) is 2.46. The van der Waals surface area contributed by atoms with E-state index in [9.17, 15) is 0 Å². The Morgan fingerprint density at radius 1 is 1.27 bits per heavy atom. The van der Waals surface area contributed by atoms with E-state index in [2.05, 4.69) is 18.0 Å². The van der Waals surface area contributed by atoms with Gasteiger partial charge in [0.05, 0.1) is 11.5 Å². The molecule has 86 valence electrons. The van der Waals surface area contributed by atoms with Gasteiger partial charge < -0.3 is 4.90 Å². The predicted octanol–water partition coefficient (Wildman–Crippen LogP) is 3.19. The van der Waals surface area contributed by atoms with Gasteiger partial charge in [0, 0.05) is 6.04 Å². The largest absolute Gasteiger partial charge is 0.303 e. The molecular weight excluding hydrogens is 184 g/mol. The van der Waals surface area contributed by atoms with Crippen LogP contribution < -0.4 is 0 Å². The van der Waals surface area contributed by atoms with E-state index >= 15 is 0 Å². The third kappa shape index (κ3) is 4.22. The average Bonchev–Trinajstić information content (AvgIpc) is 2.27. The van der Waals surface area contributed by atoms with E-state index in [-0.39, 0.29) is 5.41 Å². The molecule has 0 radical (unpaired) electrons. The summed E-state index contributed by atoms with van der Waals surface area (Å²) >= 11 is 0. The number of nitriles is 1. The van der Waals surface area contributed by atoms with Crippen LogP contribution in [0.3, 0.4) is 0 Å². The van der Waals surface area contributed by atoms with Crippen molar-refractivity contribution in [1.82, 2.24) is 4.90 Å². The fraction of sp³-hybridized carbons (Fsp3) is 0.923. The van der Waals surface area contributed by atoms with E-state index in [1.54, 1.807) is 0 Å². The Morgan fingerprint density at radius 2 is 1.87 bits per heavy atom. The van der Waals surface area contributed by atoms with Crippen molar-refractivity contribution in [3.05, 3.63) is 0 Å². The molecule has 1 aliphatic rings. The van der Waals surface area contributed by atoms with E-state index in [0.717, 1.165) is 19.0 Å². The molecule has 0 aromatic carbocycles. The first-order valence-electron chi connectivity index (χ1n) is 6.17. The number of nitrogens with zero attached hydrogens (tertiary/aromatic N) is 2. The van der Waals surface area contributed by atoms with Crippen LogP contribution in [0.2, 0.25) is 0 Å². The topological polar surface area (TPSA) is 27.0 Å². The van der Waals surface area contributed by atoms with Gasteiger partial charge in [0.2, 0.25) is 0 Å². The van der Waals surface area contributed by atoms with E-state index in [1.165, 1.54) is 32.1 Å². The number of hydrogen-bond donors (Lipinski definition) is 0. The Kier molecular flexibility index (Phi) is 4.60. The van der Waals surface area contributed by atoms with Gasteiger partial charge in [-0.15, -0.1) is 0 Å². The second-order valence-electron chi connectivity index (χ2n) is 5.52. The van der Waals surface area contributed by atoms with Crippen molar-refractivity contribution < 1.29 is 0 Å². The molecule has 1 saturated carbocycles. The molecule has 0 aliphatic heterocycles. The van der Waals surface area contributed by atoms with Crippen LogP contribution in [0.15, 0.2) is 0 Å². The Morgan fingerprint density at radius 3 is 2.40 bits per heavy atom. The zero-order chi connectivity index (χ0) is 11.3. The lowest BCUT2D eigenvalue weighted by Crippen LogP contribution is -2.35. The summed E-state index contributed by atoms with van der Waals surface area (Å²) < 4.78 is 0. The molecule has 0 amide bonds. The summed E-state index contributed by atoms with van der Waals surface area (Å²) in [6.07, 6.45) is 7.87.